The molecule has 0 aromatic carbocycles. The summed E-state index contributed by atoms with van der Waals surface area (Å²) < 4.78 is 3.00. The summed E-state index contributed by atoms with van der Waals surface area (Å²) in [6, 6.07) is 1.80. The zero-order chi connectivity index (χ0) is 12.4. The first-order valence-corrected chi connectivity index (χ1v) is 6.17. The molecule has 0 bridgehead atoms. The lowest BCUT2D eigenvalue weighted by atomic mass is 10.4. The Kier molecular flexibility index (Phi) is 3.42. The largest absolute Gasteiger partial charge is 0.313 e. The quantitative estimate of drug-likeness (QED) is 0.823. The molecule has 0 unspecified atom stereocenters. The van der Waals surface area contributed by atoms with E-state index >= 15 is 0 Å². The first-order valence-electron chi connectivity index (χ1n) is 4.18. The number of nitrogens with one attached hydrogen (secondary N) is 2. The summed E-state index contributed by atoms with van der Waals surface area (Å²) >= 11 is 9.95. The first-order chi connectivity index (χ1) is 8.11. The summed E-state index contributed by atoms with van der Waals surface area (Å²) in [6.45, 7) is 0. The Labute approximate surface area is 113 Å². The topological polar surface area (TPSA) is 94.5 Å². The number of nitrogens with zero attached hydrogens (tertiary/aromatic N) is 3. The van der Waals surface area contributed by atoms with Gasteiger partial charge in [0.25, 0.3) is 5.56 Å². The van der Waals surface area contributed by atoms with Crippen LogP contribution >= 0.6 is 39.1 Å². The van der Waals surface area contributed by atoms with Gasteiger partial charge in [-0.2, -0.15) is 10.2 Å². The third kappa shape index (κ3) is 2.46. The Morgan fingerprint density at radius 3 is 3.06 bits per heavy atom. The highest BCUT2D eigenvalue weighted by atomic mass is 79.9. The minimum atomic E-state index is -0.441. The average Bonchev–Trinajstić information content (AvgIpc) is 2.64. The molecule has 9 heteroatoms. The Morgan fingerprint density at radius 1 is 1.65 bits per heavy atom. The highest BCUT2D eigenvalue weighted by Crippen LogP contribution is 2.23. The second kappa shape index (κ2) is 4.83. The Bertz CT molecular complexity index is 661. The Balaban J connectivity index is 2.35. The summed E-state index contributed by atoms with van der Waals surface area (Å²) in [6.07, 6.45) is 1.47. The van der Waals surface area contributed by atoms with Crippen LogP contribution in [0, 0.1) is 11.3 Å². The van der Waals surface area contributed by atoms with Crippen LogP contribution < -0.4 is 10.9 Å². The molecule has 2 heterocycles. The van der Waals surface area contributed by atoms with Crippen LogP contribution in [0.15, 0.2) is 15.5 Å². The third-order valence-corrected chi connectivity index (χ3v) is 3.63. The summed E-state index contributed by atoms with van der Waals surface area (Å²) in [5.74, 6) is 0.213. The van der Waals surface area contributed by atoms with Crippen LogP contribution in [0.1, 0.15) is 5.56 Å². The molecule has 2 aromatic rings. The van der Waals surface area contributed by atoms with Crippen molar-refractivity contribution in [3.63, 3.8) is 0 Å². The first kappa shape index (κ1) is 12.0. The van der Waals surface area contributed by atoms with Gasteiger partial charge in [0.2, 0.25) is 5.95 Å². The van der Waals surface area contributed by atoms with Crippen molar-refractivity contribution in [1.82, 2.24) is 14.3 Å². The molecule has 2 rings (SSSR count). The Hall–Kier alpha value is -1.43. The van der Waals surface area contributed by atoms with Gasteiger partial charge in [0.15, 0.2) is 5.56 Å². The van der Waals surface area contributed by atoms with E-state index in [1.807, 2.05) is 0 Å². The number of rotatable bonds is 2. The Morgan fingerprint density at radius 2 is 2.41 bits per heavy atom. The predicted octanol–water partition coefficient (Wildman–Crippen LogP) is 2.26. The van der Waals surface area contributed by atoms with Gasteiger partial charge >= 0.3 is 0 Å². The molecule has 6 nitrogen and oxygen atoms in total. The molecule has 0 atom stereocenters. The van der Waals surface area contributed by atoms with Gasteiger partial charge in [0.1, 0.15) is 16.2 Å². The molecular weight excluding hydrogens is 330 g/mol. The lowest BCUT2D eigenvalue weighted by Gasteiger charge is -2.02. The molecule has 0 saturated heterocycles. The van der Waals surface area contributed by atoms with Gasteiger partial charge in [0.05, 0.1) is 4.47 Å². The van der Waals surface area contributed by atoms with Gasteiger partial charge < -0.3 is 5.32 Å². The molecule has 0 amide bonds. The highest BCUT2D eigenvalue weighted by Gasteiger charge is 2.11. The molecular formula is C8H3BrClN5OS. The van der Waals surface area contributed by atoms with E-state index < -0.39 is 5.56 Å². The van der Waals surface area contributed by atoms with E-state index in [9.17, 15) is 4.79 Å². The van der Waals surface area contributed by atoms with Gasteiger partial charge in [-0.3, -0.25) is 9.17 Å². The van der Waals surface area contributed by atoms with Crippen molar-refractivity contribution in [2.75, 3.05) is 5.32 Å². The zero-order valence-corrected chi connectivity index (χ0v) is 11.1. The fourth-order valence-electron chi connectivity index (χ4n) is 1.00. The average molecular weight is 333 g/mol. The van der Waals surface area contributed by atoms with Gasteiger partial charge in [-0.05, 0) is 27.5 Å². The maximum absolute atomic E-state index is 11.2. The van der Waals surface area contributed by atoms with Gasteiger partial charge in [0, 0.05) is 6.20 Å². The smallest absolute Gasteiger partial charge is 0.278 e. The molecule has 0 aliphatic heterocycles. The van der Waals surface area contributed by atoms with E-state index in [2.05, 4.69) is 35.6 Å². The SMILES string of the molecule is N#Cc1c(Nc2ncc(Br)c(Cl)n2)s[nH]c1=O. The molecule has 17 heavy (non-hydrogen) atoms. The lowest BCUT2D eigenvalue weighted by molar-refractivity contribution is 1.15. The van der Waals surface area contributed by atoms with E-state index in [4.69, 9.17) is 16.9 Å². The standard InChI is InChI=1S/C8H3BrClN5OS/c9-4-2-12-8(13-5(4)10)14-7-3(1-11)6(16)15-17-7/h2H,(H,15,16)(H,12,13,14). The molecule has 2 aromatic heterocycles. The number of nitriles is 1. The minimum absolute atomic E-state index is 0.00218. The molecule has 0 aliphatic carbocycles. The van der Waals surface area contributed by atoms with Crippen molar-refractivity contribution in [3.05, 3.63) is 31.7 Å². The van der Waals surface area contributed by atoms with Crippen LogP contribution in [0.3, 0.4) is 0 Å². The summed E-state index contributed by atoms with van der Waals surface area (Å²) in [5, 5.41) is 12.1. The second-order valence-corrected chi connectivity index (χ2v) is 4.84. The fourth-order valence-corrected chi connectivity index (χ4v) is 2.00. The zero-order valence-electron chi connectivity index (χ0n) is 7.99. The molecule has 86 valence electrons. The van der Waals surface area contributed by atoms with E-state index in [1.54, 1.807) is 6.07 Å². The number of halogens is 2. The van der Waals surface area contributed by atoms with Gasteiger partial charge in [-0.25, -0.2) is 4.98 Å². The maximum Gasteiger partial charge on any atom is 0.278 e. The van der Waals surface area contributed by atoms with Crippen LogP contribution in [0.5, 0.6) is 0 Å². The van der Waals surface area contributed by atoms with Crippen molar-refractivity contribution in [3.8, 4) is 6.07 Å². The van der Waals surface area contributed by atoms with E-state index in [0.717, 1.165) is 11.5 Å². The van der Waals surface area contributed by atoms with Crippen molar-refractivity contribution in [1.29, 1.82) is 5.26 Å². The highest BCUT2D eigenvalue weighted by molar-refractivity contribution is 9.10. The van der Waals surface area contributed by atoms with Crippen LogP contribution in [0.25, 0.3) is 0 Å². The normalized spacial score (nSPS) is 9.94. The van der Waals surface area contributed by atoms with Crippen molar-refractivity contribution in [2.45, 2.75) is 0 Å². The van der Waals surface area contributed by atoms with Crippen molar-refractivity contribution < 1.29 is 0 Å². The maximum atomic E-state index is 11.2. The molecule has 0 spiro atoms. The summed E-state index contributed by atoms with van der Waals surface area (Å²) in [7, 11) is 0. The number of H-pyrrole nitrogens is 1. The van der Waals surface area contributed by atoms with Crippen LogP contribution in [-0.4, -0.2) is 14.3 Å². The van der Waals surface area contributed by atoms with Crippen molar-refractivity contribution in [2.24, 2.45) is 0 Å². The molecule has 0 fully saturated rings. The molecule has 0 aliphatic rings. The number of aromatic amines is 1. The van der Waals surface area contributed by atoms with Crippen LogP contribution in [0.2, 0.25) is 5.15 Å². The van der Waals surface area contributed by atoms with E-state index in [-0.39, 0.29) is 16.7 Å². The van der Waals surface area contributed by atoms with E-state index in [1.165, 1.54) is 6.20 Å². The van der Waals surface area contributed by atoms with Crippen LogP contribution in [0.4, 0.5) is 10.9 Å². The number of hydrogen-bond acceptors (Lipinski definition) is 6. The van der Waals surface area contributed by atoms with E-state index in [0.29, 0.717) is 9.47 Å². The number of aromatic nitrogens is 3. The molecule has 0 saturated carbocycles. The van der Waals surface area contributed by atoms with Crippen molar-refractivity contribution >= 4 is 50.0 Å². The lowest BCUT2D eigenvalue weighted by Crippen LogP contribution is -2.04. The summed E-state index contributed by atoms with van der Waals surface area (Å²) in [4.78, 5) is 19.1. The monoisotopic (exact) mass is 331 g/mol. The minimum Gasteiger partial charge on any atom is -0.313 e. The number of hydrogen-bond donors (Lipinski definition) is 2. The van der Waals surface area contributed by atoms with Gasteiger partial charge in [-0.1, -0.05) is 11.6 Å². The summed E-state index contributed by atoms with van der Waals surface area (Å²) in [5.41, 5.74) is -0.444. The van der Waals surface area contributed by atoms with Crippen LogP contribution in [-0.2, 0) is 0 Å². The number of anilines is 2. The second-order valence-electron chi connectivity index (χ2n) is 2.81. The third-order valence-electron chi connectivity index (χ3n) is 1.74. The molecule has 0 radical (unpaired) electrons. The predicted molar refractivity (Wildman–Crippen MR) is 67.7 cm³/mol. The molecule has 2 N–H and O–H groups in total. The van der Waals surface area contributed by atoms with Gasteiger partial charge in [-0.15, -0.1) is 0 Å². The fraction of sp³-hybridized carbons (Fsp3) is 0.